The molecule has 0 bridgehead atoms. The predicted molar refractivity (Wildman–Crippen MR) is 79.3 cm³/mol. The zero-order valence-corrected chi connectivity index (χ0v) is 13.2. The van der Waals surface area contributed by atoms with E-state index in [0.717, 1.165) is 0 Å². The molecule has 1 aromatic carbocycles. The summed E-state index contributed by atoms with van der Waals surface area (Å²) >= 11 is 0. The fourth-order valence-electron chi connectivity index (χ4n) is 2.35. The first-order valence-corrected chi connectivity index (χ1v) is 6.78. The van der Waals surface area contributed by atoms with Crippen LogP contribution in [0.2, 0.25) is 0 Å². The van der Waals surface area contributed by atoms with E-state index >= 15 is 0 Å². The van der Waals surface area contributed by atoms with Gasteiger partial charge in [0.25, 0.3) is 0 Å². The molecule has 0 aliphatic heterocycles. The topological polar surface area (TPSA) is 77.8 Å². The fraction of sp³-hybridized carbons (Fsp3) is 0.500. The zero-order valence-electron chi connectivity index (χ0n) is 13.2. The van der Waals surface area contributed by atoms with Crippen molar-refractivity contribution in [2.45, 2.75) is 18.6 Å². The largest absolute Gasteiger partial charge is 0.496 e. The van der Waals surface area contributed by atoms with Crippen molar-refractivity contribution in [3.63, 3.8) is 0 Å². The van der Waals surface area contributed by atoms with Crippen molar-refractivity contribution in [2.75, 3.05) is 28.4 Å². The first-order chi connectivity index (χ1) is 10.6. The Balaban J connectivity index is 3.14. The van der Waals surface area contributed by atoms with Crippen LogP contribution < -0.4 is 4.74 Å². The van der Waals surface area contributed by atoms with Gasteiger partial charge in [-0.05, 0) is 12.5 Å². The number of nitrogens with zero attached hydrogens (tertiary/aromatic N) is 1. The minimum absolute atomic E-state index is 0.204. The van der Waals surface area contributed by atoms with Crippen LogP contribution in [0, 0.1) is 17.2 Å². The number of carbonyl (C=O) groups excluding carboxylic acids is 1. The fourth-order valence-corrected chi connectivity index (χ4v) is 2.35. The molecule has 6 heteroatoms. The van der Waals surface area contributed by atoms with Crippen molar-refractivity contribution in [3.05, 3.63) is 29.8 Å². The smallest absolute Gasteiger partial charge is 0.313 e. The molecule has 120 valence electrons. The van der Waals surface area contributed by atoms with Crippen LogP contribution in [-0.4, -0.2) is 40.7 Å². The van der Waals surface area contributed by atoms with Gasteiger partial charge in [0.1, 0.15) is 5.75 Å². The molecule has 0 heterocycles. The molecule has 1 rings (SSSR count). The quantitative estimate of drug-likeness (QED) is 0.540. The van der Waals surface area contributed by atoms with Crippen molar-refractivity contribution >= 4 is 5.97 Å². The van der Waals surface area contributed by atoms with Gasteiger partial charge in [0.15, 0.2) is 6.29 Å². The Morgan fingerprint density at radius 2 is 1.82 bits per heavy atom. The third-order valence-corrected chi connectivity index (χ3v) is 3.45. The van der Waals surface area contributed by atoms with E-state index in [4.69, 9.17) is 18.9 Å². The molecule has 2 unspecified atom stereocenters. The molecule has 22 heavy (non-hydrogen) atoms. The summed E-state index contributed by atoms with van der Waals surface area (Å²) in [5.41, 5.74) is 0.669. The van der Waals surface area contributed by atoms with Crippen LogP contribution in [0.4, 0.5) is 0 Å². The third-order valence-electron chi connectivity index (χ3n) is 3.45. The molecule has 0 amide bonds. The Hall–Kier alpha value is -2.10. The van der Waals surface area contributed by atoms with Gasteiger partial charge in [0, 0.05) is 19.8 Å². The summed E-state index contributed by atoms with van der Waals surface area (Å²) in [4.78, 5) is 12.2. The number of carbonyl (C=O) groups is 1. The van der Waals surface area contributed by atoms with Crippen LogP contribution in [0.1, 0.15) is 17.9 Å². The Morgan fingerprint density at radius 3 is 2.32 bits per heavy atom. The summed E-state index contributed by atoms with van der Waals surface area (Å²) in [6.07, 6.45) is -0.512. The van der Waals surface area contributed by atoms with Crippen LogP contribution in [0.3, 0.4) is 0 Å². The van der Waals surface area contributed by atoms with E-state index in [1.165, 1.54) is 28.4 Å². The lowest BCUT2D eigenvalue weighted by atomic mass is 9.88. The molecule has 0 radical (unpaired) electrons. The molecule has 0 aromatic heterocycles. The molecule has 0 aliphatic rings. The van der Waals surface area contributed by atoms with Gasteiger partial charge in [-0.2, -0.15) is 5.26 Å². The Kier molecular flexibility index (Phi) is 7.37. The Labute approximate surface area is 130 Å². The summed E-state index contributed by atoms with van der Waals surface area (Å²) in [6, 6.07) is 9.28. The molecule has 0 N–H and O–H groups in total. The second kappa shape index (κ2) is 9.03. The highest BCUT2D eigenvalue weighted by atomic mass is 16.7. The SMILES string of the molecule is COC(=O)C(CC(C#N)C(OC)OC)c1ccccc1OC. The number of para-hydroxylation sites is 1. The van der Waals surface area contributed by atoms with Gasteiger partial charge in [0.2, 0.25) is 0 Å². The Morgan fingerprint density at radius 1 is 1.18 bits per heavy atom. The average Bonchev–Trinajstić information content (AvgIpc) is 2.58. The Bertz CT molecular complexity index is 522. The van der Waals surface area contributed by atoms with E-state index in [1.54, 1.807) is 18.2 Å². The van der Waals surface area contributed by atoms with E-state index in [2.05, 4.69) is 6.07 Å². The number of hydrogen-bond acceptors (Lipinski definition) is 6. The van der Waals surface area contributed by atoms with Crippen LogP contribution in [0.15, 0.2) is 24.3 Å². The van der Waals surface area contributed by atoms with Gasteiger partial charge in [0.05, 0.1) is 32.1 Å². The van der Waals surface area contributed by atoms with Gasteiger partial charge in [-0.15, -0.1) is 0 Å². The maximum atomic E-state index is 12.2. The highest BCUT2D eigenvalue weighted by Crippen LogP contribution is 2.33. The maximum Gasteiger partial charge on any atom is 0.313 e. The number of methoxy groups -OCH3 is 4. The second-order valence-corrected chi connectivity index (χ2v) is 4.63. The van der Waals surface area contributed by atoms with E-state index in [9.17, 15) is 10.1 Å². The van der Waals surface area contributed by atoms with Gasteiger partial charge in [-0.25, -0.2) is 0 Å². The summed E-state index contributed by atoms with van der Waals surface area (Å²) in [7, 11) is 5.75. The second-order valence-electron chi connectivity index (χ2n) is 4.63. The van der Waals surface area contributed by atoms with Crippen molar-refractivity contribution in [3.8, 4) is 11.8 Å². The van der Waals surface area contributed by atoms with E-state index < -0.39 is 24.1 Å². The monoisotopic (exact) mass is 307 g/mol. The molecule has 0 saturated heterocycles. The van der Waals surface area contributed by atoms with E-state index in [-0.39, 0.29) is 6.42 Å². The lowest BCUT2D eigenvalue weighted by Gasteiger charge is -2.24. The molecule has 6 nitrogen and oxygen atoms in total. The number of nitriles is 1. The first kappa shape index (κ1) is 18.0. The summed E-state index contributed by atoms with van der Waals surface area (Å²) in [6.45, 7) is 0. The first-order valence-electron chi connectivity index (χ1n) is 6.78. The third kappa shape index (κ3) is 4.20. The van der Waals surface area contributed by atoms with Crippen LogP contribution in [0.5, 0.6) is 5.75 Å². The molecule has 0 fully saturated rings. The molecule has 0 aliphatic carbocycles. The molecular weight excluding hydrogens is 286 g/mol. The number of ether oxygens (including phenoxy) is 4. The van der Waals surface area contributed by atoms with Gasteiger partial charge in [-0.1, -0.05) is 18.2 Å². The highest BCUT2D eigenvalue weighted by molar-refractivity contribution is 5.79. The minimum Gasteiger partial charge on any atom is -0.496 e. The van der Waals surface area contributed by atoms with Crippen LogP contribution in [-0.2, 0) is 19.0 Å². The molecule has 1 aromatic rings. The van der Waals surface area contributed by atoms with Crippen molar-refractivity contribution in [2.24, 2.45) is 5.92 Å². The van der Waals surface area contributed by atoms with E-state index in [0.29, 0.717) is 11.3 Å². The lowest BCUT2D eigenvalue weighted by molar-refractivity contribution is -0.146. The number of esters is 1. The standard InChI is InChI=1S/C16H21NO5/c1-19-14-8-6-5-7-12(14)13(15(18)20-2)9-11(10-17)16(21-3)22-4/h5-8,11,13,16H,9H2,1-4H3. The molecule has 0 saturated carbocycles. The molecule has 0 spiro atoms. The molecular formula is C16H21NO5. The van der Waals surface area contributed by atoms with E-state index in [1.807, 2.05) is 6.07 Å². The minimum atomic E-state index is -0.716. The number of benzene rings is 1. The van der Waals surface area contributed by atoms with Crippen LogP contribution >= 0.6 is 0 Å². The number of rotatable bonds is 8. The lowest BCUT2D eigenvalue weighted by Crippen LogP contribution is -2.28. The van der Waals surface area contributed by atoms with Crippen LogP contribution in [0.25, 0.3) is 0 Å². The summed E-state index contributed by atoms with van der Waals surface area (Å²) < 4.78 is 20.4. The highest BCUT2D eigenvalue weighted by Gasteiger charge is 2.32. The molecule has 2 atom stereocenters. The van der Waals surface area contributed by atoms with Crippen molar-refractivity contribution in [1.29, 1.82) is 5.26 Å². The van der Waals surface area contributed by atoms with Gasteiger partial charge < -0.3 is 18.9 Å². The van der Waals surface area contributed by atoms with Crippen molar-refractivity contribution in [1.82, 2.24) is 0 Å². The van der Waals surface area contributed by atoms with Gasteiger partial charge in [-0.3, -0.25) is 4.79 Å². The predicted octanol–water partition coefficient (Wildman–Crippen LogP) is 2.10. The maximum absolute atomic E-state index is 12.2. The van der Waals surface area contributed by atoms with Crippen molar-refractivity contribution < 1.29 is 23.7 Å². The summed E-state index contributed by atoms with van der Waals surface area (Å²) in [5, 5.41) is 9.34. The van der Waals surface area contributed by atoms with Gasteiger partial charge >= 0.3 is 5.97 Å². The normalized spacial score (nSPS) is 13.3. The summed E-state index contributed by atoms with van der Waals surface area (Å²) in [5.74, 6) is -1.13. The average molecular weight is 307 g/mol. The zero-order chi connectivity index (χ0) is 16.5. The number of hydrogen-bond donors (Lipinski definition) is 0.